The van der Waals surface area contributed by atoms with E-state index in [0.717, 1.165) is 25.9 Å². The van der Waals surface area contributed by atoms with Crippen LogP contribution in [0.2, 0.25) is 0 Å². The standard InChI is InChI=1S/C9H17NO3/c1-12-9(11)6-7(10)8-4-2-3-5-13-8/h7-8H,2-6,10H2,1H3. The first-order valence-electron chi connectivity index (χ1n) is 4.68. The molecule has 13 heavy (non-hydrogen) atoms. The van der Waals surface area contributed by atoms with Crippen molar-refractivity contribution in [3.63, 3.8) is 0 Å². The fraction of sp³-hybridized carbons (Fsp3) is 0.889. The second-order valence-electron chi connectivity index (χ2n) is 3.35. The zero-order valence-corrected chi connectivity index (χ0v) is 7.99. The molecular formula is C9H17NO3. The van der Waals surface area contributed by atoms with Crippen molar-refractivity contribution in [1.29, 1.82) is 0 Å². The zero-order valence-electron chi connectivity index (χ0n) is 7.99. The fourth-order valence-corrected chi connectivity index (χ4v) is 1.51. The first kappa shape index (κ1) is 10.5. The highest BCUT2D eigenvalue weighted by atomic mass is 16.5. The maximum absolute atomic E-state index is 10.9. The van der Waals surface area contributed by atoms with Crippen LogP contribution >= 0.6 is 0 Å². The SMILES string of the molecule is COC(=O)CC(N)C1CCCCO1. The van der Waals surface area contributed by atoms with E-state index in [1.807, 2.05) is 0 Å². The maximum atomic E-state index is 10.9. The Balaban J connectivity index is 2.28. The Hall–Kier alpha value is -0.610. The van der Waals surface area contributed by atoms with Crippen molar-refractivity contribution in [1.82, 2.24) is 0 Å². The van der Waals surface area contributed by atoms with E-state index in [4.69, 9.17) is 10.5 Å². The van der Waals surface area contributed by atoms with E-state index in [0.29, 0.717) is 0 Å². The van der Waals surface area contributed by atoms with E-state index < -0.39 is 0 Å². The number of carbonyl (C=O) groups is 1. The van der Waals surface area contributed by atoms with Gasteiger partial charge in [0.15, 0.2) is 0 Å². The van der Waals surface area contributed by atoms with Crippen LogP contribution in [0.4, 0.5) is 0 Å². The normalized spacial score (nSPS) is 25.2. The summed E-state index contributed by atoms with van der Waals surface area (Å²) in [6.45, 7) is 0.763. The lowest BCUT2D eigenvalue weighted by molar-refractivity contribution is -0.142. The molecule has 0 radical (unpaired) electrons. The molecule has 4 heteroatoms. The van der Waals surface area contributed by atoms with Crippen LogP contribution < -0.4 is 5.73 Å². The van der Waals surface area contributed by atoms with Gasteiger partial charge in [-0.05, 0) is 19.3 Å². The molecule has 0 amide bonds. The van der Waals surface area contributed by atoms with Gasteiger partial charge in [0.1, 0.15) is 0 Å². The summed E-state index contributed by atoms with van der Waals surface area (Å²) in [6, 6.07) is -0.215. The van der Waals surface area contributed by atoms with E-state index in [1.165, 1.54) is 7.11 Å². The topological polar surface area (TPSA) is 61.5 Å². The molecule has 0 aliphatic carbocycles. The number of hydrogen-bond acceptors (Lipinski definition) is 4. The van der Waals surface area contributed by atoms with Gasteiger partial charge in [-0.25, -0.2) is 0 Å². The average Bonchev–Trinajstić information content (AvgIpc) is 2.19. The van der Waals surface area contributed by atoms with Gasteiger partial charge in [0.2, 0.25) is 0 Å². The molecule has 0 aromatic rings. The van der Waals surface area contributed by atoms with Crippen molar-refractivity contribution in [2.45, 2.75) is 37.8 Å². The number of ether oxygens (including phenoxy) is 2. The van der Waals surface area contributed by atoms with E-state index in [1.54, 1.807) is 0 Å². The van der Waals surface area contributed by atoms with E-state index in [2.05, 4.69) is 4.74 Å². The van der Waals surface area contributed by atoms with Crippen LogP contribution in [-0.2, 0) is 14.3 Å². The molecule has 0 aromatic carbocycles. The van der Waals surface area contributed by atoms with Gasteiger partial charge in [0.25, 0.3) is 0 Å². The van der Waals surface area contributed by atoms with Gasteiger partial charge in [0, 0.05) is 12.6 Å². The summed E-state index contributed by atoms with van der Waals surface area (Å²) in [6.07, 6.45) is 3.48. The lowest BCUT2D eigenvalue weighted by atomic mass is 10.0. The quantitative estimate of drug-likeness (QED) is 0.651. The van der Waals surface area contributed by atoms with Crippen molar-refractivity contribution in [2.75, 3.05) is 13.7 Å². The van der Waals surface area contributed by atoms with Gasteiger partial charge in [0.05, 0.1) is 19.6 Å². The molecule has 0 aromatic heterocycles. The lowest BCUT2D eigenvalue weighted by Crippen LogP contribution is -2.40. The Morgan fingerprint density at radius 2 is 2.46 bits per heavy atom. The van der Waals surface area contributed by atoms with Gasteiger partial charge in [-0.15, -0.1) is 0 Å². The first-order chi connectivity index (χ1) is 6.24. The highest BCUT2D eigenvalue weighted by molar-refractivity contribution is 5.69. The molecule has 0 saturated carbocycles. The van der Waals surface area contributed by atoms with Crippen molar-refractivity contribution < 1.29 is 14.3 Å². The fourth-order valence-electron chi connectivity index (χ4n) is 1.51. The number of nitrogens with two attached hydrogens (primary N) is 1. The predicted octanol–water partition coefficient (Wildman–Crippen LogP) is 0.446. The summed E-state index contributed by atoms with van der Waals surface area (Å²) in [5, 5.41) is 0. The van der Waals surface area contributed by atoms with Crippen LogP contribution in [0, 0.1) is 0 Å². The minimum Gasteiger partial charge on any atom is -0.469 e. The molecule has 4 nitrogen and oxygen atoms in total. The Morgan fingerprint density at radius 3 is 3.00 bits per heavy atom. The number of hydrogen-bond donors (Lipinski definition) is 1. The van der Waals surface area contributed by atoms with Crippen molar-refractivity contribution >= 4 is 5.97 Å². The zero-order chi connectivity index (χ0) is 9.68. The van der Waals surface area contributed by atoms with Crippen LogP contribution in [0.25, 0.3) is 0 Å². The van der Waals surface area contributed by atoms with E-state index in [-0.39, 0.29) is 24.5 Å². The summed E-state index contributed by atoms with van der Waals surface area (Å²) in [5.74, 6) is -0.262. The minimum atomic E-state index is -0.262. The molecule has 2 atom stereocenters. The molecule has 2 N–H and O–H groups in total. The second-order valence-corrected chi connectivity index (χ2v) is 3.35. The highest BCUT2D eigenvalue weighted by Gasteiger charge is 2.23. The Morgan fingerprint density at radius 1 is 1.69 bits per heavy atom. The Bertz CT molecular complexity index is 166. The van der Waals surface area contributed by atoms with Gasteiger partial charge in [-0.3, -0.25) is 4.79 Å². The molecule has 0 spiro atoms. The summed E-state index contributed by atoms with van der Waals surface area (Å²) >= 11 is 0. The third-order valence-electron chi connectivity index (χ3n) is 2.32. The molecule has 1 rings (SSSR count). The van der Waals surface area contributed by atoms with Crippen LogP contribution in [0.5, 0.6) is 0 Å². The molecular weight excluding hydrogens is 170 g/mol. The number of rotatable bonds is 3. The van der Waals surface area contributed by atoms with Crippen molar-refractivity contribution in [2.24, 2.45) is 5.73 Å². The third-order valence-corrected chi connectivity index (χ3v) is 2.32. The number of carbonyl (C=O) groups excluding carboxylic acids is 1. The number of esters is 1. The van der Waals surface area contributed by atoms with Gasteiger partial charge in [-0.2, -0.15) is 0 Å². The molecule has 1 aliphatic heterocycles. The highest BCUT2D eigenvalue weighted by Crippen LogP contribution is 2.16. The summed E-state index contributed by atoms with van der Waals surface area (Å²) < 4.78 is 9.99. The Labute approximate surface area is 78.4 Å². The van der Waals surface area contributed by atoms with Crippen molar-refractivity contribution in [3.05, 3.63) is 0 Å². The molecule has 76 valence electrons. The summed E-state index contributed by atoms with van der Waals surface area (Å²) in [7, 11) is 1.37. The largest absolute Gasteiger partial charge is 0.469 e. The molecule has 0 bridgehead atoms. The van der Waals surface area contributed by atoms with Gasteiger partial charge < -0.3 is 15.2 Å². The van der Waals surface area contributed by atoms with Crippen LogP contribution in [0.3, 0.4) is 0 Å². The number of methoxy groups -OCH3 is 1. The minimum absolute atomic E-state index is 0.0350. The van der Waals surface area contributed by atoms with E-state index in [9.17, 15) is 4.79 Å². The maximum Gasteiger partial charge on any atom is 0.307 e. The molecule has 1 aliphatic rings. The van der Waals surface area contributed by atoms with Crippen LogP contribution in [-0.4, -0.2) is 31.8 Å². The summed E-state index contributed by atoms with van der Waals surface area (Å²) in [5.41, 5.74) is 5.80. The third kappa shape index (κ3) is 3.32. The van der Waals surface area contributed by atoms with Crippen LogP contribution in [0.1, 0.15) is 25.7 Å². The molecule has 1 heterocycles. The van der Waals surface area contributed by atoms with Crippen molar-refractivity contribution in [3.8, 4) is 0 Å². The lowest BCUT2D eigenvalue weighted by Gasteiger charge is -2.27. The molecule has 1 saturated heterocycles. The molecule has 1 fully saturated rings. The average molecular weight is 187 g/mol. The van der Waals surface area contributed by atoms with Gasteiger partial charge >= 0.3 is 5.97 Å². The van der Waals surface area contributed by atoms with Gasteiger partial charge in [-0.1, -0.05) is 0 Å². The van der Waals surface area contributed by atoms with Crippen LogP contribution in [0.15, 0.2) is 0 Å². The smallest absolute Gasteiger partial charge is 0.307 e. The Kier molecular flexibility index (Phi) is 4.18. The predicted molar refractivity (Wildman–Crippen MR) is 48.2 cm³/mol. The van der Waals surface area contributed by atoms with E-state index >= 15 is 0 Å². The summed E-state index contributed by atoms with van der Waals surface area (Å²) in [4.78, 5) is 10.9. The second kappa shape index (κ2) is 5.19. The molecule has 2 unspecified atom stereocenters. The first-order valence-corrected chi connectivity index (χ1v) is 4.68. The monoisotopic (exact) mass is 187 g/mol.